The largest absolute Gasteiger partial charge is 0.289 e. The van der Waals surface area contributed by atoms with E-state index in [0.717, 1.165) is 18.2 Å². The van der Waals surface area contributed by atoms with Crippen molar-refractivity contribution in [3.63, 3.8) is 0 Å². The summed E-state index contributed by atoms with van der Waals surface area (Å²) in [6, 6.07) is 5.56. The molecule has 0 aliphatic rings. The smallest absolute Gasteiger partial charge is 0.279 e. The fourth-order valence-corrected chi connectivity index (χ4v) is 4.88. The molecule has 2 rings (SSSR count). The van der Waals surface area contributed by atoms with E-state index in [9.17, 15) is 23.3 Å². The van der Waals surface area contributed by atoms with E-state index in [1.165, 1.54) is 25.1 Å². The van der Waals surface area contributed by atoms with E-state index in [4.69, 9.17) is 46.4 Å². The van der Waals surface area contributed by atoms with E-state index in [1.54, 1.807) is 0 Å². The lowest BCUT2D eigenvalue weighted by Crippen LogP contribution is -2.42. The number of halogens is 4. The number of hydrogen-bond donors (Lipinski definition) is 0. The number of sulfonamides is 1. The SMILES string of the molecule is CC(C(=O)Cl)N(c1cc(Cl)c(Cl)cc1Cl)S(=O)(=O)c1ccccc1[N+](=O)[O-]. The van der Waals surface area contributed by atoms with Gasteiger partial charge < -0.3 is 0 Å². The first kappa shape index (κ1) is 21.7. The van der Waals surface area contributed by atoms with Crippen LogP contribution in [-0.2, 0) is 14.8 Å². The number of nitro groups is 1. The molecule has 12 heteroatoms. The molecule has 0 fully saturated rings. The maximum absolute atomic E-state index is 13.2. The van der Waals surface area contributed by atoms with Crippen LogP contribution in [-0.4, -0.2) is 24.6 Å². The average Bonchev–Trinajstić information content (AvgIpc) is 2.59. The predicted molar refractivity (Wildman–Crippen MR) is 105 cm³/mol. The Hall–Kier alpha value is -1.58. The second kappa shape index (κ2) is 8.20. The molecule has 2 aromatic rings. The summed E-state index contributed by atoms with van der Waals surface area (Å²) in [4.78, 5) is 21.5. The quantitative estimate of drug-likeness (QED) is 0.258. The highest BCUT2D eigenvalue weighted by atomic mass is 35.5. The van der Waals surface area contributed by atoms with Gasteiger partial charge in [-0.3, -0.25) is 19.2 Å². The molecular weight excluding hydrogens is 462 g/mol. The number of anilines is 1. The average molecular weight is 472 g/mol. The Morgan fingerprint density at radius 1 is 1.11 bits per heavy atom. The fourth-order valence-electron chi connectivity index (χ4n) is 2.25. The minimum Gasteiger partial charge on any atom is -0.279 e. The zero-order valence-corrected chi connectivity index (χ0v) is 17.2. The summed E-state index contributed by atoms with van der Waals surface area (Å²) in [5.74, 6) is 0. The summed E-state index contributed by atoms with van der Waals surface area (Å²) in [5.41, 5.74) is -0.876. The summed E-state index contributed by atoms with van der Waals surface area (Å²) in [7, 11) is -4.63. The van der Waals surface area contributed by atoms with Crippen LogP contribution in [0.1, 0.15) is 6.92 Å². The Labute approximate surface area is 174 Å². The molecule has 0 aliphatic carbocycles. The topological polar surface area (TPSA) is 97.6 Å². The minimum atomic E-state index is -4.63. The van der Waals surface area contributed by atoms with Crippen molar-refractivity contribution in [1.29, 1.82) is 0 Å². The van der Waals surface area contributed by atoms with Gasteiger partial charge in [-0.05, 0) is 36.7 Å². The van der Waals surface area contributed by atoms with Crippen LogP contribution in [0.2, 0.25) is 15.1 Å². The van der Waals surface area contributed by atoms with E-state index in [1.807, 2.05) is 0 Å². The van der Waals surface area contributed by atoms with Gasteiger partial charge in [0.2, 0.25) is 5.24 Å². The molecule has 0 spiro atoms. The van der Waals surface area contributed by atoms with Gasteiger partial charge in [0.1, 0.15) is 6.04 Å². The van der Waals surface area contributed by atoms with Gasteiger partial charge in [0.25, 0.3) is 15.7 Å². The highest BCUT2D eigenvalue weighted by Crippen LogP contribution is 2.39. The van der Waals surface area contributed by atoms with Crippen molar-refractivity contribution in [3.8, 4) is 0 Å². The number of carbonyl (C=O) groups is 1. The molecule has 1 unspecified atom stereocenters. The number of benzene rings is 2. The summed E-state index contributed by atoms with van der Waals surface area (Å²) in [6.45, 7) is 1.21. The number of para-hydroxylation sites is 1. The third-order valence-corrected chi connectivity index (χ3v) is 6.78. The second-order valence-electron chi connectivity index (χ2n) is 5.22. The maximum atomic E-state index is 13.2. The molecule has 0 heterocycles. The van der Waals surface area contributed by atoms with E-state index >= 15 is 0 Å². The molecule has 27 heavy (non-hydrogen) atoms. The third-order valence-electron chi connectivity index (χ3n) is 3.51. The lowest BCUT2D eigenvalue weighted by atomic mass is 10.2. The van der Waals surface area contributed by atoms with Gasteiger partial charge in [-0.25, -0.2) is 8.42 Å². The number of rotatable bonds is 6. The van der Waals surface area contributed by atoms with Gasteiger partial charge in [-0.2, -0.15) is 0 Å². The monoisotopic (exact) mass is 470 g/mol. The Morgan fingerprint density at radius 2 is 1.67 bits per heavy atom. The molecule has 0 N–H and O–H groups in total. The van der Waals surface area contributed by atoms with Crippen molar-refractivity contribution >= 4 is 73.0 Å². The Kier molecular flexibility index (Phi) is 6.59. The summed E-state index contributed by atoms with van der Waals surface area (Å²) >= 11 is 23.4. The van der Waals surface area contributed by atoms with E-state index < -0.39 is 36.8 Å². The molecular formula is C15H10Cl4N2O5S. The Morgan fingerprint density at radius 3 is 2.22 bits per heavy atom. The van der Waals surface area contributed by atoms with Crippen molar-refractivity contribution < 1.29 is 18.1 Å². The van der Waals surface area contributed by atoms with E-state index in [-0.39, 0.29) is 20.8 Å². The highest BCUT2D eigenvalue weighted by Gasteiger charge is 2.38. The summed E-state index contributed by atoms with van der Waals surface area (Å²) in [6.07, 6.45) is 0. The maximum Gasteiger partial charge on any atom is 0.289 e. The summed E-state index contributed by atoms with van der Waals surface area (Å²) in [5, 5.41) is 10.1. The molecule has 7 nitrogen and oxygen atoms in total. The van der Waals surface area contributed by atoms with Crippen LogP contribution >= 0.6 is 46.4 Å². The van der Waals surface area contributed by atoms with Crippen LogP contribution in [0.25, 0.3) is 0 Å². The van der Waals surface area contributed by atoms with Gasteiger partial charge in [0, 0.05) is 6.07 Å². The molecule has 2 aromatic carbocycles. The molecule has 0 saturated carbocycles. The van der Waals surface area contributed by atoms with Crippen molar-refractivity contribution in [2.24, 2.45) is 0 Å². The molecule has 0 aromatic heterocycles. The Bertz CT molecular complexity index is 1030. The standard InChI is InChI=1S/C15H10Cl4N2O5S/c1-8(15(19)22)20(13-7-10(17)9(16)6-11(13)18)27(25,26)14-5-3-2-4-12(14)21(23)24/h2-8H,1H3. The molecule has 0 saturated heterocycles. The molecule has 0 amide bonds. The van der Waals surface area contributed by atoms with Crippen molar-refractivity contribution in [3.05, 3.63) is 61.6 Å². The zero-order valence-electron chi connectivity index (χ0n) is 13.4. The number of carbonyl (C=O) groups excluding carboxylic acids is 1. The first-order valence-corrected chi connectivity index (χ1v) is 10.1. The van der Waals surface area contributed by atoms with Gasteiger partial charge in [0.15, 0.2) is 4.90 Å². The third kappa shape index (κ3) is 4.30. The lowest BCUT2D eigenvalue weighted by Gasteiger charge is -2.29. The van der Waals surface area contributed by atoms with Gasteiger partial charge in [0.05, 0.1) is 25.7 Å². The lowest BCUT2D eigenvalue weighted by molar-refractivity contribution is -0.387. The van der Waals surface area contributed by atoms with Gasteiger partial charge in [-0.1, -0.05) is 46.9 Å². The van der Waals surface area contributed by atoms with E-state index in [0.29, 0.717) is 4.31 Å². The minimum absolute atomic E-state index is 0.0342. The van der Waals surface area contributed by atoms with Crippen LogP contribution in [0.3, 0.4) is 0 Å². The van der Waals surface area contributed by atoms with Crippen LogP contribution in [0.4, 0.5) is 11.4 Å². The van der Waals surface area contributed by atoms with Crippen molar-refractivity contribution in [1.82, 2.24) is 0 Å². The molecule has 1 atom stereocenters. The molecule has 0 radical (unpaired) electrons. The second-order valence-corrected chi connectivity index (χ2v) is 8.60. The molecule has 0 bridgehead atoms. The Balaban J connectivity index is 2.82. The fraction of sp³-hybridized carbons (Fsp3) is 0.133. The number of nitro benzene ring substituents is 1. The first-order valence-electron chi connectivity index (χ1n) is 7.10. The highest BCUT2D eigenvalue weighted by molar-refractivity contribution is 7.93. The van der Waals surface area contributed by atoms with Gasteiger partial charge in [-0.15, -0.1) is 0 Å². The number of nitrogens with zero attached hydrogens (tertiary/aromatic N) is 2. The van der Waals surface area contributed by atoms with Crippen LogP contribution in [0, 0.1) is 10.1 Å². The van der Waals surface area contributed by atoms with Crippen LogP contribution in [0.5, 0.6) is 0 Å². The van der Waals surface area contributed by atoms with E-state index in [2.05, 4.69) is 0 Å². The zero-order chi connectivity index (χ0) is 20.5. The first-order chi connectivity index (χ1) is 12.5. The predicted octanol–water partition coefficient (Wildman–Crippen LogP) is 4.90. The summed E-state index contributed by atoms with van der Waals surface area (Å²) < 4.78 is 27.0. The molecule has 0 aliphatic heterocycles. The molecule has 144 valence electrons. The van der Waals surface area contributed by atoms with Crippen LogP contribution in [0.15, 0.2) is 41.3 Å². The van der Waals surface area contributed by atoms with Gasteiger partial charge >= 0.3 is 0 Å². The van der Waals surface area contributed by atoms with Crippen molar-refractivity contribution in [2.45, 2.75) is 17.9 Å². The number of hydrogen-bond acceptors (Lipinski definition) is 5. The van der Waals surface area contributed by atoms with Crippen molar-refractivity contribution in [2.75, 3.05) is 4.31 Å². The van der Waals surface area contributed by atoms with Crippen LogP contribution < -0.4 is 4.31 Å². The normalized spacial score (nSPS) is 12.5.